The average molecular weight is 225 g/mol. The Labute approximate surface area is 95.4 Å². The van der Waals surface area contributed by atoms with Crippen molar-refractivity contribution in [2.75, 3.05) is 0 Å². The summed E-state index contributed by atoms with van der Waals surface area (Å²) in [4.78, 5) is 0. The molecular formula is C11H19N3S. The lowest BCUT2D eigenvalue weighted by molar-refractivity contribution is 0.205. The molecule has 3 nitrogen and oxygen atoms in total. The molecule has 1 heterocycles. The zero-order valence-electron chi connectivity index (χ0n) is 9.44. The van der Waals surface area contributed by atoms with Crippen molar-refractivity contribution in [3.05, 3.63) is 11.1 Å². The fourth-order valence-corrected chi connectivity index (χ4v) is 2.82. The van der Waals surface area contributed by atoms with Gasteiger partial charge in [0.25, 0.3) is 0 Å². The molecule has 0 spiro atoms. The molecule has 3 atom stereocenters. The number of rotatable bonds is 3. The van der Waals surface area contributed by atoms with Gasteiger partial charge in [-0.1, -0.05) is 31.2 Å². The number of aromatic nitrogens is 2. The summed E-state index contributed by atoms with van der Waals surface area (Å²) in [7, 11) is 0. The van der Waals surface area contributed by atoms with Crippen LogP contribution >= 0.6 is 11.5 Å². The smallest absolute Gasteiger partial charge is 0.0893 e. The molecular weight excluding hydrogens is 206 g/mol. The first-order valence-electron chi connectivity index (χ1n) is 5.76. The minimum Gasteiger partial charge on any atom is -0.308 e. The van der Waals surface area contributed by atoms with Gasteiger partial charge in [-0.05, 0) is 29.8 Å². The SMILES string of the molecule is C[C@@H]1[C@H](C)CCC[C@@H]1NCc1csnn1. The molecule has 15 heavy (non-hydrogen) atoms. The topological polar surface area (TPSA) is 37.8 Å². The van der Waals surface area contributed by atoms with Gasteiger partial charge in [0, 0.05) is 18.0 Å². The van der Waals surface area contributed by atoms with E-state index in [1.807, 2.05) is 5.38 Å². The highest BCUT2D eigenvalue weighted by molar-refractivity contribution is 7.03. The molecule has 0 aromatic carbocycles. The van der Waals surface area contributed by atoms with Crippen LogP contribution in [0.2, 0.25) is 0 Å². The molecule has 4 heteroatoms. The third kappa shape index (κ3) is 2.75. The van der Waals surface area contributed by atoms with Gasteiger partial charge in [0.15, 0.2) is 0 Å². The molecule has 1 saturated carbocycles. The van der Waals surface area contributed by atoms with Gasteiger partial charge in [0.05, 0.1) is 5.69 Å². The molecule has 84 valence electrons. The van der Waals surface area contributed by atoms with Crippen LogP contribution in [0.4, 0.5) is 0 Å². The lowest BCUT2D eigenvalue weighted by atomic mass is 9.78. The number of nitrogens with zero attached hydrogens (tertiary/aromatic N) is 2. The molecule has 1 aromatic heterocycles. The summed E-state index contributed by atoms with van der Waals surface area (Å²) >= 11 is 1.43. The van der Waals surface area contributed by atoms with Crippen LogP contribution in [0.3, 0.4) is 0 Å². The van der Waals surface area contributed by atoms with E-state index >= 15 is 0 Å². The molecule has 2 rings (SSSR count). The molecule has 0 radical (unpaired) electrons. The van der Waals surface area contributed by atoms with Crippen molar-refractivity contribution >= 4 is 11.5 Å². The van der Waals surface area contributed by atoms with E-state index in [1.165, 1.54) is 30.8 Å². The monoisotopic (exact) mass is 225 g/mol. The van der Waals surface area contributed by atoms with E-state index in [0.717, 1.165) is 24.1 Å². The normalized spacial score (nSPS) is 31.7. The molecule has 1 aromatic rings. The zero-order chi connectivity index (χ0) is 10.7. The Balaban J connectivity index is 1.83. The quantitative estimate of drug-likeness (QED) is 0.858. The summed E-state index contributed by atoms with van der Waals surface area (Å²) in [5, 5.41) is 9.68. The predicted molar refractivity (Wildman–Crippen MR) is 62.7 cm³/mol. The molecule has 1 aliphatic carbocycles. The minimum absolute atomic E-state index is 0.662. The van der Waals surface area contributed by atoms with E-state index in [9.17, 15) is 0 Å². The van der Waals surface area contributed by atoms with Crippen LogP contribution in [-0.2, 0) is 6.54 Å². The van der Waals surface area contributed by atoms with Crippen molar-refractivity contribution < 1.29 is 0 Å². The Morgan fingerprint density at radius 2 is 2.33 bits per heavy atom. The zero-order valence-corrected chi connectivity index (χ0v) is 10.3. The van der Waals surface area contributed by atoms with E-state index < -0.39 is 0 Å². The maximum absolute atomic E-state index is 4.05. The Morgan fingerprint density at radius 3 is 3.07 bits per heavy atom. The lowest BCUT2D eigenvalue weighted by Crippen LogP contribution is -2.40. The van der Waals surface area contributed by atoms with Crippen molar-refractivity contribution in [2.45, 2.75) is 45.7 Å². The maximum Gasteiger partial charge on any atom is 0.0893 e. The summed E-state index contributed by atoms with van der Waals surface area (Å²) in [5.41, 5.74) is 1.07. The highest BCUT2D eigenvalue weighted by Gasteiger charge is 2.26. The summed E-state index contributed by atoms with van der Waals surface area (Å²) in [6, 6.07) is 0.662. The fourth-order valence-electron chi connectivity index (χ4n) is 2.37. The highest BCUT2D eigenvalue weighted by Crippen LogP contribution is 2.29. The maximum atomic E-state index is 4.05. The van der Waals surface area contributed by atoms with Gasteiger partial charge >= 0.3 is 0 Å². The molecule has 1 N–H and O–H groups in total. The number of hydrogen-bond acceptors (Lipinski definition) is 4. The summed E-state index contributed by atoms with van der Waals surface area (Å²) in [6.07, 6.45) is 4.05. The summed E-state index contributed by atoms with van der Waals surface area (Å²) in [6.45, 7) is 5.60. The fraction of sp³-hybridized carbons (Fsp3) is 0.818. The van der Waals surface area contributed by atoms with E-state index in [2.05, 4.69) is 28.8 Å². The van der Waals surface area contributed by atoms with Gasteiger partial charge < -0.3 is 5.32 Å². The molecule has 0 unspecified atom stereocenters. The molecule has 1 aliphatic rings. The minimum atomic E-state index is 0.662. The van der Waals surface area contributed by atoms with Crippen molar-refractivity contribution in [1.82, 2.24) is 14.9 Å². The van der Waals surface area contributed by atoms with E-state index in [4.69, 9.17) is 0 Å². The first kappa shape index (κ1) is 11.0. The third-order valence-corrected chi connectivity index (χ3v) is 4.21. The van der Waals surface area contributed by atoms with Crippen molar-refractivity contribution in [1.29, 1.82) is 0 Å². The second-order valence-electron chi connectivity index (χ2n) is 4.65. The van der Waals surface area contributed by atoms with Gasteiger partial charge in [0.2, 0.25) is 0 Å². The van der Waals surface area contributed by atoms with Crippen LogP contribution in [0.1, 0.15) is 38.8 Å². The van der Waals surface area contributed by atoms with E-state index in [1.54, 1.807) is 0 Å². The van der Waals surface area contributed by atoms with Gasteiger partial charge in [-0.25, -0.2) is 0 Å². The van der Waals surface area contributed by atoms with E-state index in [0.29, 0.717) is 6.04 Å². The van der Waals surface area contributed by atoms with Crippen LogP contribution in [0, 0.1) is 11.8 Å². The van der Waals surface area contributed by atoms with Crippen molar-refractivity contribution in [2.24, 2.45) is 11.8 Å². The second-order valence-corrected chi connectivity index (χ2v) is 5.26. The molecule has 0 bridgehead atoms. The summed E-state index contributed by atoms with van der Waals surface area (Å²) < 4.78 is 3.87. The Bertz CT molecular complexity index is 286. The van der Waals surface area contributed by atoms with Crippen LogP contribution in [0.5, 0.6) is 0 Å². The first-order valence-corrected chi connectivity index (χ1v) is 6.60. The van der Waals surface area contributed by atoms with Crippen LogP contribution in [0.15, 0.2) is 5.38 Å². The van der Waals surface area contributed by atoms with Gasteiger partial charge in [-0.2, -0.15) is 0 Å². The van der Waals surface area contributed by atoms with E-state index in [-0.39, 0.29) is 0 Å². The van der Waals surface area contributed by atoms with Crippen molar-refractivity contribution in [3.63, 3.8) is 0 Å². The predicted octanol–water partition coefficient (Wildman–Crippen LogP) is 2.45. The molecule has 0 amide bonds. The van der Waals surface area contributed by atoms with Gasteiger partial charge in [-0.3, -0.25) is 0 Å². The molecule has 1 fully saturated rings. The number of hydrogen-bond donors (Lipinski definition) is 1. The largest absolute Gasteiger partial charge is 0.308 e. The first-order chi connectivity index (χ1) is 7.27. The third-order valence-electron chi connectivity index (χ3n) is 3.66. The average Bonchev–Trinajstić information content (AvgIpc) is 2.73. The van der Waals surface area contributed by atoms with Crippen LogP contribution < -0.4 is 5.32 Å². The van der Waals surface area contributed by atoms with Gasteiger partial charge in [-0.15, -0.1) is 5.10 Å². The Kier molecular flexibility index (Phi) is 3.70. The molecule has 0 aliphatic heterocycles. The van der Waals surface area contributed by atoms with Crippen LogP contribution in [-0.4, -0.2) is 15.6 Å². The number of nitrogens with one attached hydrogen (secondary N) is 1. The lowest BCUT2D eigenvalue weighted by Gasteiger charge is -2.34. The second kappa shape index (κ2) is 5.03. The van der Waals surface area contributed by atoms with Gasteiger partial charge in [0.1, 0.15) is 0 Å². The van der Waals surface area contributed by atoms with Crippen molar-refractivity contribution in [3.8, 4) is 0 Å². The molecule has 0 saturated heterocycles. The van der Waals surface area contributed by atoms with Crippen LogP contribution in [0.25, 0.3) is 0 Å². The highest BCUT2D eigenvalue weighted by atomic mass is 32.1. The summed E-state index contributed by atoms with van der Waals surface area (Å²) in [5.74, 6) is 1.63. The Hall–Kier alpha value is -0.480. The Morgan fingerprint density at radius 1 is 1.47 bits per heavy atom. The standard InChI is InChI=1S/C11H19N3S/c1-8-4-3-5-11(9(8)2)12-6-10-7-15-14-13-10/h7-9,11-12H,3-6H2,1-2H3/t8-,9-,11+/m1/s1.